The molecule has 9 N–H and O–H groups in total. The quantitative estimate of drug-likeness (QED) is 0.0575. The fraction of sp³-hybridized carbons (Fsp3) is 0.774. The van der Waals surface area contributed by atoms with Crippen molar-refractivity contribution in [1.29, 1.82) is 0 Å². The number of benzene rings is 1. The summed E-state index contributed by atoms with van der Waals surface area (Å²) >= 11 is 0. The molecule has 0 aromatic heterocycles. The molecule has 3 saturated carbocycles. The highest BCUT2D eigenvalue weighted by molar-refractivity contribution is 5.88. The summed E-state index contributed by atoms with van der Waals surface area (Å²) in [6, 6.07) is 9.14. The van der Waals surface area contributed by atoms with Crippen molar-refractivity contribution in [2.24, 2.45) is 16.7 Å². The van der Waals surface area contributed by atoms with E-state index in [2.05, 4.69) is 0 Å². The van der Waals surface area contributed by atoms with Crippen molar-refractivity contribution in [3.8, 4) is 0 Å². The van der Waals surface area contributed by atoms with Crippen LogP contribution in [0.5, 0.6) is 0 Å². The lowest BCUT2D eigenvalue weighted by Crippen LogP contribution is -2.80. The topological polar surface area (TPSA) is 336 Å². The van der Waals surface area contributed by atoms with E-state index in [-0.39, 0.29) is 44.9 Å². The molecule has 24 heteroatoms. The first-order valence-electron chi connectivity index (χ1n) is 30.1. The second-order valence-corrected chi connectivity index (χ2v) is 25.4. The molecule has 1 aromatic carbocycles. The summed E-state index contributed by atoms with van der Waals surface area (Å²) in [4.78, 5) is 27.1. The molecular weight excluding hydrogens is 1130 g/mol. The van der Waals surface area contributed by atoms with Crippen LogP contribution in [0.2, 0.25) is 0 Å². The van der Waals surface area contributed by atoms with E-state index < -0.39 is 187 Å². The Balaban J connectivity index is 0.849. The standard InChI is InChI=1S/C62H92O24/c1-12-31(2)54(69)80-35(6)60(71)24-25-62(73)58(60,8)42(83-43(64)19-18-36-16-14-13-15-17-36)28-41-57(7)21-20-37(29-59(57,70)22-23-61(41,62)72)81-44-26-38(74-9)50(32(3)77-44)84-45-27-39(75-10)51(33(4)78-45)85-56-49(68)53(76-11)52(34(5)79-56)86-55-48(67)47(66)46(65)40(30-63)82-55/h12-19,22-23,32-35,37-42,44-53,55-56,63,65-68,70-73H,20-21,24-30H2,1-11H3/t32-,33-,34-,35+,37+,38+,39+,40-,41-,42-,44+,45+,46-,47+,48-,49-,50-,51-,52-,53+,55+,56+,57-,58-,59-,60-,61+,62-/m1/s1. The summed E-state index contributed by atoms with van der Waals surface area (Å²) in [6.07, 6.45) is -13.9. The zero-order chi connectivity index (χ0) is 62.6. The molecule has 24 nitrogen and oxygen atoms in total. The van der Waals surface area contributed by atoms with E-state index in [1.54, 1.807) is 53.9 Å². The normalized spacial score (nSPS) is 48.2. The molecular formula is C62H92O24. The largest absolute Gasteiger partial charge is 0.458 e. The van der Waals surface area contributed by atoms with Gasteiger partial charge in [-0.15, -0.1) is 0 Å². The minimum atomic E-state index is -2.18. The average molecular weight is 1220 g/mol. The molecule has 0 bridgehead atoms. The van der Waals surface area contributed by atoms with Crippen LogP contribution >= 0.6 is 0 Å². The average Bonchev–Trinajstić information content (AvgIpc) is 1.30. The fourth-order valence-corrected chi connectivity index (χ4v) is 15.4. The van der Waals surface area contributed by atoms with Gasteiger partial charge in [0.05, 0.1) is 54.2 Å². The summed E-state index contributed by atoms with van der Waals surface area (Å²) in [5, 5.41) is 105. The van der Waals surface area contributed by atoms with Gasteiger partial charge in [-0.3, -0.25) is 0 Å². The number of methoxy groups -OCH3 is 3. The Morgan fingerprint density at radius 3 is 1.93 bits per heavy atom. The van der Waals surface area contributed by atoms with Gasteiger partial charge in [-0.2, -0.15) is 0 Å². The number of carbonyl (C=O) groups is 2. The molecule has 1 aromatic rings. The molecule has 4 saturated heterocycles. The highest BCUT2D eigenvalue weighted by Crippen LogP contribution is 2.72. The Hall–Kier alpha value is -3.42. The number of fused-ring (bicyclic) bond motifs is 5. The maximum absolute atomic E-state index is 13.9. The van der Waals surface area contributed by atoms with E-state index in [1.807, 2.05) is 44.2 Å². The van der Waals surface area contributed by atoms with Gasteiger partial charge in [0.25, 0.3) is 0 Å². The van der Waals surface area contributed by atoms with Gasteiger partial charge in [-0.25, -0.2) is 9.59 Å². The molecule has 86 heavy (non-hydrogen) atoms. The molecule has 9 rings (SSSR count). The van der Waals surface area contributed by atoms with Gasteiger partial charge >= 0.3 is 11.9 Å². The van der Waals surface area contributed by atoms with Crippen molar-refractivity contribution in [2.45, 2.75) is 258 Å². The zero-order valence-electron chi connectivity index (χ0n) is 51.0. The monoisotopic (exact) mass is 1220 g/mol. The third kappa shape index (κ3) is 11.7. The van der Waals surface area contributed by atoms with E-state index in [9.17, 15) is 55.5 Å². The number of carbonyl (C=O) groups excluding carboxylic acids is 2. The van der Waals surface area contributed by atoms with Crippen molar-refractivity contribution in [1.82, 2.24) is 0 Å². The van der Waals surface area contributed by atoms with Crippen LogP contribution in [0.25, 0.3) is 6.08 Å². The Kier molecular flexibility index (Phi) is 20.3. The fourth-order valence-electron chi connectivity index (χ4n) is 15.4. The Morgan fingerprint density at radius 2 is 1.31 bits per heavy atom. The van der Waals surface area contributed by atoms with E-state index in [1.165, 1.54) is 39.4 Å². The van der Waals surface area contributed by atoms with Crippen LogP contribution in [-0.2, 0) is 71.2 Å². The molecule has 4 aliphatic heterocycles. The predicted molar refractivity (Wildman–Crippen MR) is 301 cm³/mol. The molecule has 8 aliphatic rings. The van der Waals surface area contributed by atoms with Gasteiger partial charge in [-0.1, -0.05) is 62.4 Å². The first-order chi connectivity index (χ1) is 40.6. The SMILES string of the molecule is CC=C(C)C(=O)O[C@@H](C)[C@]1(O)CC[C@@]2(O)[C@]1(C)[C@H](OC(=O)C=Cc1ccccc1)C[C@H]1[C@@]2(O)C=C[C@@]2(O)C[C@@H](O[C@H]3C[C@H](OC)[C@H](O[C@H]4C[C@H](OC)[C@H](O[C@@H]5O[C@H](C)[C@@H](O[C@@H]6O[C@H](CO)[C@@H](O)[C@H](O)[C@H]6O)[C@@H](OC)[C@H]5O)[C@@H](C)O4)[C@@H](C)O3)CC[C@]12C. The summed E-state index contributed by atoms with van der Waals surface area (Å²) in [6.45, 7) is 12.8. The molecule has 0 amide bonds. The molecule has 0 unspecified atom stereocenters. The van der Waals surface area contributed by atoms with Crippen LogP contribution in [0.3, 0.4) is 0 Å². The van der Waals surface area contributed by atoms with E-state index in [0.717, 1.165) is 5.56 Å². The second-order valence-electron chi connectivity index (χ2n) is 25.4. The van der Waals surface area contributed by atoms with Gasteiger partial charge in [0.1, 0.15) is 83.9 Å². The zero-order valence-corrected chi connectivity index (χ0v) is 51.0. The van der Waals surface area contributed by atoms with Crippen molar-refractivity contribution in [2.75, 3.05) is 27.9 Å². The Labute approximate surface area is 502 Å². The van der Waals surface area contributed by atoms with Crippen molar-refractivity contribution in [3.63, 3.8) is 0 Å². The lowest BCUT2D eigenvalue weighted by Gasteiger charge is -2.68. The number of aliphatic hydroxyl groups is 9. The Morgan fingerprint density at radius 1 is 0.709 bits per heavy atom. The molecule has 4 heterocycles. The number of rotatable bonds is 18. The van der Waals surface area contributed by atoms with Crippen LogP contribution in [0, 0.1) is 16.7 Å². The molecule has 484 valence electrons. The van der Waals surface area contributed by atoms with Crippen molar-refractivity contribution in [3.05, 3.63) is 65.8 Å². The lowest BCUT2D eigenvalue weighted by molar-refractivity contribution is -0.373. The summed E-state index contributed by atoms with van der Waals surface area (Å²) < 4.78 is 80.1. The number of allylic oxidation sites excluding steroid dienone is 1. The number of aliphatic hydroxyl groups excluding tert-OH is 5. The molecule has 7 fully saturated rings. The summed E-state index contributed by atoms with van der Waals surface area (Å²) in [5.41, 5.74) is -9.81. The van der Waals surface area contributed by atoms with Crippen LogP contribution in [0.4, 0.5) is 0 Å². The van der Waals surface area contributed by atoms with E-state index in [0.29, 0.717) is 12.0 Å². The highest BCUT2D eigenvalue weighted by atomic mass is 16.8. The molecule has 0 spiro atoms. The molecule has 0 radical (unpaired) electrons. The maximum Gasteiger partial charge on any atom is 0.333 e. The van der Waals surface area contributed by atoms with Gasteiger partial charge in [0.15, 0.2) is 25.2 Å². The molecule has 28 atom stereocenters. The maximum atomic E-state index is 13.9. The van der Waals surface area contributed by atoms with Gasteiger partial charge < -0.3 is 108 Å². The summed E-state index contributed by atoms with van der Waals surface area (Å²) in [7, 11) is 4.42. The van der Waals surface area contributed by atoms with Crippen LogP contribution in [0.1, 0.15) is 112 Å². The van der Waals surface area contributed by atoms with Crippen molar-refractivity contribution >= 4 is 18.0 Å². The highest BCUT2D eigenvalue weighted by Gasteiger charge is 2.82. The van der Waals surface area contributed by atoms with E-state index >= 15 is 0 Å². The van der Waals surface area contributed by atoms with Gasteiger partial charge in [0, 0.05) is 63.6 Å². The predicted octanol–water partition coefficient (Wildman–Crippen LogP) is 1.78. The van der Waals surface area contributed by atoms with E-state index in [4.69, 9.17) is 61.6 Å². The number of esters is 2. The Bertz CT molecular complexity index is 2590. The van der Waals surface area contributed by atoms with Crippen LogP contribution in [-0.4, -0.2) is 237 Å². The van der Waals surface area contributed by atoms with Crippen molar-refractivity contribution < 1.29 is 117 Å². The third-order valence-corrected chi connectivity index (χ3v) is 20.9. The lowest BCUT2D eigenvalue weighted by atomic mass is 9.41. The minimum absolute atomic E-state index is 0.0689. The minimum Gasteiger partial charge on any atom is -0.458 e. The second kappa shape index (κ2) is 26.1. The van der Waals surface area contributed by atoms with Gasteiger partial charge in [-0.05, 0) is 85.3 Å². The molecule has 4 aliphatic carbocycles. The summed E-state index contributed by atoms with van der Waals surface area (Å²) in [5.74, 6) is -2.36. The van der Waals surface area contributed by atoms with Gasteiger partial charge in [0.2, 0.25) is 0 Å². The van der Waals surface area contributed by atoms with Crippen LogP contribution < -0.4 is 0 Å². The third-order valence-electron chi connectivity index (χ3n) is 20.9. The number of ether oxygens (including phenoxy) is 13. The first-order valence-corrected chi connectivity index (χ1v) is 30.1. The number of hydrogen-bond acceptors (Lipinski definition) is 24. The number of hydrogen-bond donors (Lipinski definition) is 9. The van der Waals surface area contributed by atoms with Crippen LogP contribution in [0.15, 0.2) is 60.2 Å². The first kappa shape index (κ1) is 67.0. The smallest absolute Gasteiger partial charge is 0.333 e.